The molecule has 1 aliphatic carbocycles. The van der Waals surface area contributed by atoms with E-state index in [1.54, 1.807) is 6.92 Å². The fourth-order valence-electron chi connectivity index (χ4n) is 2.21. The first kappa shape index (κ1) is 15.3. The molecule has 0 aromatic heterocycles. The smallest absolute Gasteiger partial charge is 0.310 e. The highest BCUT2D eigenvalue weighted by atomic mass is 16.5. The Morgan fingerprint density at radius 2 is 1.95 bits per heavy atom. The van der Waals surface area contributed by atoms with Gasteiger partial charge in [-0.2, -0.15) is 0 Å². The van der Waals surface area contributed by atoms with Crippen LogP contribution in [-0.2, 0) is 14.3 Å². The number of anilines is 1. The zero-order valence-corrected chi connectivity index (χ0v) is 12.5. The highest BCUT2D eigenvalue weighted by Crippen LogP contribution is 2.20. The molecule has 1 aromatic rings. The molecule has 0 bridgehead atoms. The van der Waals surface area contributed by atoms with Gasteiger partial charge in [0.2, 0.25) is 0 Å². The van der Waals surface area contributed by atoms with Crippen molar-refractivity contribution >= 4 is 17.6 Å². The summed E-state index contributed by atoms with van der Waals surface area (Å²) >= 11 is 0. The molecule has 0 aliphatic heterocycles. The van der Waals surface area contributed by atoms with Gasteiger partial charge in [-0.3, -0.25) is 9.59 Å². The zero-order valence-electron chi connectivity index (χ0n) is 12.5. The quantitative estimate of drug-likeness (QED) is 0.683. The number of carbonyl (C=O) groups is 2. The number of benzene rings is 1. The molecule has 2 rings (SSSR count). The van der Waals surface area contributed by atoms with Crippen molar-refractivity contribution in [2.24, 2.45) is 5.92 Å². The van der Waals surface area contributed by atoms with E-state index in [-0.39, 0.29) is 17.8 Å². The van der Waals surface area contributed by atoms with Crippen LogP contribution in [0.4, 0.5) is 5.69 Å². The van der Waals surface area contributed by atoms with Gasteiger partial charge < -0.3 is 10.1 Å². The molecule has 112 valence electrons. The fraction of sp³-hybridized carbons (Fsp3) is 0.412. The first-order valence-corrected chi connectivity index (χ1v) is 7.29. The molecule has 0 spiro atoms. The minimum absolute atomic E-state index is 0.121. The first-order valence-electron chi connectivity index (χ1n) is 7.29. The van der Waals surface area contributed by atoms with E-state index in [1.165, 1.54) is 0 Å². The van der Waals surface area contributed by atoms with Gasteiger partial charge >= 0.3 is 5.97 Å². The number of hydrogen-bond acceptors (Lipinski definition) is 3. The summed E-state index contributed by atoms with van der Waals surface area (Å²) in [5.74, 6) is -0.714. The molecule has 0 radical (unpaired) electrons. The molecule has 0 saturated carbocycles. The molecule has 4 heteroatoms. The fourth-order valence-corrected chi connectivity index (χ4v) is 2.21. The predicted octanol–water partition coefficient (Wildman–Crippen LogP) is 3.22. The third-order valence-electron chi connectivity index (χ3n) is 3.58. The van der Waals surface area contributed by atoms with E-state index in [1.807, 2.05) is 37.3 Å². The molecule has 21 heavy (non-hydrogen) atoms. The second kappa shape index (κ2) is 7.07. The number of allylic oxidation sites excluding steroid dienone is 2. The number of ether oxygens (including phenoxy) is 1. The third kappa shape index (κ3) is 4.45. The summed E-state index contributed by atoms with van der Waals surface area (Å²) in [6.07, 6.45) is 5.66. The Kier molecular flexibility index (Phi) is 5.14. The maximum absolute atomic E-state index is 12.0. The lowest BCUT2D eigenvalue weighted by Crippen LogP contribution is -2.32. The normalized spacial score (nSPS) is 18.9. The highest BCUT2D eigenvalue weighted by Gasteiger charge is 2.24. The number of aryl methyl sites for hydroxylation is 1. The molecule has 1 N–H and O–H groups in total. The van der Waals surface area contributed by atoms with Crippen LogP contribution in [0.1, 0.15) is 31.7 Å². The second-order valence-electron chi connectivity index (χ2n) is 5.42. The zero-order chi connectivity index (χ0) is 15.2. The van der Waals surface area contributed by atoms with Crippen LogP contribution >= 0.6 is 0 Å². The molecule has 1 aromatic carbocycles. The van der Waals surface area contributed by atoms with Crippen LogP contribution in [-0.4, -0.2) is 18.0 Å². The number of hydrogen-bond donors (Lipinski definition) is 1. The van der Waals surface area contributed by atoms with Crippen molar-refractivity contribution in [2.75, 3.05) is 5.32 Å². The average Bonchev–Trinajstić information content (AvgIpc) is 2.50. The Labute approximate surface area is 125 Å². The van der Waals surface area contributed by atoms with E-state index < -0.39 is 6.10 Å². The molecule has 0 fully saturated rings. The molecule has 1 amide bonds. The monoisotopic (exact) mass is 287 g/mol. The van der Waals surface area contributed by atoms with Crippen LogP contribution in [0.15, 0.2) is 36.4 Å². The van der Waals surface area contributed by atoms with Crippen molar-refractivity contribution in [1.29, 1.82) is 0 Å². The number of nitrogens with one attached hydrogen (secondary N) is 1. The summed E-state index contributed by atoms with van der Waals surface area (Å²) in [6.45, 7) is 3.58. The van der Waals surface area contributed by atoms with Gasteiger partial charge in [0.25, 0.3) is 5.91 Å². The van der Waals surface area contributed by atoms with Gasteiger partial charge in [-0.1, -0.05) is 29.8 Å². The van der Waals surface area contributed by atoms with Gasteiger partial charge in [0, 0.05) is 5.69 Å². The lowest BCUT2D eigenvalue weighted by molar-refractivity contribution is -0.157. The van der Waals surface area contributed by atoms with Crippen molar-refractivity contribution in [2.45, 2.75) is 39.2 Å². The summed E-state index contributed by atoms with van der Waals surface area (Å²) in [4.78, 5) is 24.0. The van der Waals surface area contributed by atoms with Crippen LogP contribution in [0.5, 0.6) is 0 Å². The summed E-state index contributed by atoms with van der Waals surface area (Å²) in [5.41, 5.74) is 1.83. The highest BCUT2D eigenvalue weighted by molar-refractivity contribution is 5.95. The molecular formula is C17H21NO3. The molecule has 0 heterocycles. The van der Waals surface area contributed by atoms with Crippen molar-refractivity contribution in [3.8, 4) is 0 Å². The van der Waals surface area contributed by atoms with E-state index in [0.717, 1.165) is 18.4 Å². The minimum Gasteiger partial charge on any atom is -0.452 e. The van der Waals surface area contributed by atoms with Gasteiger partial charge in [0.1, 0.15) is 0 Å². The van der Waals surface area contributed by atoms with Crippen LogP contribution in [0, 0.1) is 12.8 Å². The van der Waals surface area contributed by atoms with E-state index in [0.29, 0.717) is 12.1 Å². The van der Waals surface area contributed by atoms with Gasteiger partial charge in [0.05, 0.1) is 5.92 Å². The number of amides is 1. The van der Waals surface area contributed by atoms with Crippen molar-refractivity contribution in [3.63, 3.8) is 0 Å². The van der Waals surface area contributed by atoms with E-state index >= 15 is 0 Å². The summed E-state index contributed by atoms with van der Waals surface area (Å²) in [5, 5.41) is 2.75. The van der Waals surface area contributed by atoms with Gasteiger partial charge in [-0.05, 0) is 45.2 Å². The lowest BCUT2D eigenvalue weighted by Gasteiger charge is -2.19. The molecule has 2 atom stereocenters. The number of carbonyl (C=O) groups excluding carboxylic acids is 2. The third-order valence-corrected chi connectivity index (χ3v) is 3.58. The maximum atomic E-state index is 12.0. The summed E-state index contributed by atoms with van der Waals surface area (Å²) in [6, 6.07) is 7.49. The first-order chi connectivity index (χ1) is 10.1. The maximum Gasteiger partial charge on any atom is 0.310 e. The van der Waals surface area contributed by atoms with Crippen LogP contribution in [0.25, 0.3) is 0 Å². The Balaban J connectivity index is 1.85. The van der Waals surface area contributed by atoms with Crippen LogP contribution < -0.4 is 5.32 Å². The average molecular weight is 287 g/mol. The van der Waals surface area contributed by atoms with E-state index in [2.05, 4.69) is 11.4 Å². The molecule has 4 nitrogen and oxygen atoms in total. The number of rotatable bonds is 4. The molecule has 0 saturated heterocycles. The van der Waals surface area contributed by atoms with Gasteiger partial charge in [-0.15, -0.1) is 0 Å². The standard InChI is InChI=1S/C17H21NO3/c1-12-8-10-15(11-9-12)18-16(19)13(2)21-17(20)14-6-4-3-5-7-14/h3-4,8-11,13-14H,5-7H2,1-2H3,(H,18,19)/t13-,14+/m0/s1. The lowest BCUT2D eigenvalue weighted by atomic mass is 9.95. The van der Waals surface area contributed by atoms with Crippen molar-refractivity contribution < 1.29 is 14.3 Å². The van der Waals surface area contributed by atoms with Crippen LogP contribution in [0.2, 0.25) is 0 Å². The van der Waals surface area contributed by atoms with Gasteiger partial charge in [0.15, 0.2) is 6.10 Å². The SMILES string of the molecule is Cc1ccc(NC(=O)[C@H](C)OC(=O)[C@@H]2CC=CCC2)cc1. The Morgan fingerprint density at radius 1 is 1.24 bits per heavy atom. The van der Waals surface area contributed by atoms with Crippen molar-refractivity contribution in [1.82, 2.24) is 0 Å². The second-order valence-corrected chi connectivity index (χ2v) is 5.42. The van der Waals surface area contributed by atoms with Crippen molar-refractivity contribution in [3.05, 3.63) is 42.0 Å². The topological polar surface area (TPSA) is 55.4 Å². The molecular weight excluding hydrogens is 266 g/mol. The largest absolute Gasteiger partial charge is 0.452 e. The summed E-state index contributed by atoms with van der Waals surface area (Å²) in [7, 11) is 0. The number of esters is 1. The minimum atomic E-state index is -0.787. The summed E-state index contributed by atoms with van der Waals surface area (Å²) < 4.78 is 5.26. The molecule has 1 aliphatic rings. The Bertz CT molecular complexity index is 533. The predicted molar refractivity (Wildman–Crippen MR) is 81.8 cm³/mol. The Hall–Kier alpha value is -2.10. The van der Waals surface area contributed by atoms with E-state index in [4.69, 9.17) is 4.74 Å². The van der Waals surface area contributed by atoms with Gasteiger partial charge in [-0.25, -0.2) is 0 Å². The Morgan fingerprint density at radius 3 is 2.57 bits per heavy atom. The van der Waals surface area contributed by atoms with Crippen LogP contribution in [0.3, 0.4) is 0 Å². The van der Waals surface area contributed by atoms with E-state index in [9.17, 15) is 9.59 Å². The molecule has 0 unspecified atom stereocenters.